The van der Waals surface area contributed by atoms with Crippen LogP contribution in [0, 0.1) is 0 Å². The minimum atomic E-state index is -0.668. The van der Waals surface area contributed by atoms with Gasteiger partial charge in [0.15, 0.2) is 5.78 Å². The standard InChI is InChI=1S/C18H13NO5/c1-10(20)12-7-5-8-14-16(12)18(22)24-17(19-14)13-6-3-4-9-15(13)23-11(2)21/h3-9H,1-2H3. The maximum Gasteiger partial charge on any atom is 0.347 e. The highest BCUT2D eigenvalue weighted by Gasteiger charge is 2.17. The fraction of sp³-hybridized carbons (Fsp3) is 0.111. The van der Waals surface area contributed by atoms with Crippen LogP contribution in [0.4, 0.5) is 0 Å². The van der Waals surface area contributed by atoms with Crippen LogP contribution in [-0.4, -0.2) is 16.7 Å². The summed E-state index contributed by atoms with van der Waals surface area (Å²) in [6.45, 7) is 2.65. The molecule has 0 N–H and O–H groups in total. The maximum atomic E-state index is 12.4. The number of hydrogen-bond donors (Lipinski definition) is 0. The van der Waals surface area contributed by atoms with Gasteiger partial charge < -0.3 is 9.15 Å². The van der Waals surface area contributed by atoms with Gasteiger partial charge in [-0.1, -0.05) is 24.3 Å². The molecule has 0 bridgehead atoms. The number of para-hydroxylation sites is 1. The minimum Gasteiger partial charge on any atom is -0.426 e. The van der Waals surface area contributed by atoms with E-state index in [1.165, 1.54) is 13.8 Å². The van der Waals surface area contributed by atoms with Crippen LogP contribution >= 0.6 is 0 Å². The Morgan fingerprint density at radius 3 is 2.50 bits per heavy atom. The van der Waals surface area contributed by atoms with Crippen molar-refractivity contribution in [2.24, 2.45) is 0 Å². The average molecular weight is 323 g/mol. The molecule has 0 spiro atoms. The zero-order chi connectivity index (χ0) is 17.3. The second-order valence-electron chi connectivity index (χ2n) is 5.15. The highest BCUT2D eigenvalue weighted by molar-refractivity contribution is 6.05. The van der Waals surface area contributed by atoms with Crippen LogP contribution in [0.5, 0.6) is 5.75 Å². The van der Waals surface area contributed by atoms with Crippen LogP contribution in [0.2, 0.25) is 0 Å². The van der Waals surface area contributed by atoms with Gasteiger partial charge in [0.2, 0.25) is 5.89 Å². The highest BCUT2D eigenvalue weighted by Crippen LogP contribution is 2.29. The third-order valence-corrected chi connectivity index (χ3v) is 3.41. The number of nitrogens with zero attached hydrogens (tertiary/aromatic N) is 1. The van der Waals surface area contributed by atoms with Gasteiger partial charge in [-0.15, -0.1) is 0 Å². The van der Waals surface area contributed by atoms with Gasteiger partial charge in [0.25, 0.3) is 0 Å². The first-order valence-corrected chi connectivity index (χ1v) is 7.20. The predicted molar refractivity (Wildman–Crippen MR) is 87.0 cm³/mol. The van der Waals surface area contributed by atoms with Gasteiger partial charge in [-0.2, -0.15) is 0 Å². The van der Waals surface area contributed by atoms with Gasteiger partial charge in [0.05, 0.1) is 16.5 Å². The molecule has 6 heteroatoms. The molecule has 0 unspecified atom stereocenters. The summed E-state index contributed by atoms with van der Waals surface area (Å²) in [5.41, 5.74) is 0.304. The van der Waals surface area contributed by atoms with Crippen molar-refractivity contribution in [3.05, 3.63) is 58.4 Å². The molecule has 0 saturated carbocycles. The molecule has 24 heavy (non-hydrogen) atoms. The first kappa shape index (κ1) is 15.6. The number of rotatable bonds is 3. The lowest BCUT2D eigenvalue weighted by atomic mass is 10.1. The maximum absolute atomic E-state index is 12.4. The SMILES string of the molecule is CC(=O)Oc1ccccc1-c1nc2cccc(C(C)=O)c2c(=O)o1. The number of esters is 1. The van der Waals surface area contributed by atoms with E-state index in [1.807, 2.05) is 0 Å². The summed E-state index contributed by atoms with van der Waals surface area (Å²) in [6.07, 6.45) is 0. The van der Waals surface area contributed by atoms with Crippen molar-refractivity contribution < 1.29 is 18.7 Å². The Hall–Kier alpha value is -3.28. The molecule has 0 aliphatic rings. The Morgan fingerprint density at radius 1 is 1.04 bits per heavy atom. The van der Waals surface area contributed by atoms with Gasteiger partial charge in [-0.3, -0.25) is 9.59 Å². The largest absolute Gasteiger partial charge is 0.426 e. The third kappa shape index (κ3) is 2.81. The van der Waals surface area contributed by atoms with Crippen LogP contribution in [-0.2, 0) is 4.79 Å². The molecule has 0 fully saturated rings. The number of benzene rings is 2. The molecule has 0 aliphatic heterocycles. The van der Waals surface area contributed by atoms with Crippen molar-refractivity contribution in [2.75, 3.05) is 0 Å². The van der Waals surface area contributed by atoms with Crippen LogP contribution < -0.4 is 10.4 Å². The average Bonchev–Trinajstić information content (AvgIpc) is 2.54. The molecule has 120 valence electrons. The van der Waals surface area contributed by atoms with Crippen LogP contribution in [0.15, 0.2) is 51.7 Å². The van der Waals surface area contributed by atoms with Gasteiger partial charge >= 0.3 is 11.6 Å². The third-order valence-electron chi connectivity index (χ3n) is 3.41. The molecule has 0 atom stereocenters. The lowest BCUT2D eigenvalue weighted by Gasteiger charge is -2.08. The fourth-order valence-corrected chi connectivity index (χ4v) is 2.41. The van der Waals surface area contributed by atoms with E-state index in [2.05, 4.69) is 4.98 Å². The normalized spacial score (nSPS) is 10.6. The second-order valence-corrected chi connectivity index (χ2v) is 5.15. The van der Waals surface area contributed by atoms with Crippen LogP contribution in [0.3, 0.4) is 0 Å². The van der Waals surface area contributed by atoms with E-state index in [-0.39, 0.29) is 28.4 Å². The van der Waals surface area contributed by atoms with Crippen LogP contribution in [0.1, 0.15) is 24.2 Å². The quantitative estimate of drug-likeness (QED) is 0.418. The Balaban J connectivity index is 2.25. The zero-order valence-corrected chi connectivity index (χ0v) is 13.0. The van der Waals surface area contributed by atoms with Gasteiger partial charge in [-0.05, 0) is 25.1 Å². The Bertz CT molecular complexity index is 1020. The Labute approximate surface area is 136 Å². The molecule has 0 saturated heterocycles. The van der Waals surface area contributed by atoms with Crippen molar-refractivity contribution in [3.63, 3.8) is 0 Å². The summed E-state index contributed by atoms with van der Waals surface area (Å²) in [5, 5.41) is 0.138. The van der Waals surface area contributed by atoms with Gasteiger partial charge in [0.1, 0.15) is 5.75 Å². The van der Waals surface area contributed by atoms with Crippen molar-refractivity contribution in [3.8, 4) is 17.2 Å². The van der Waals surface area contributed by atoms with E-state index >= 15 is 0 Å². The fourth-order valence-electron chi connectivity index (χ4n) is 2.41. The molecule has 3 aromatic rings. The molecule has 0 radical (unpaired) electrons. The summed E-state index contributed by atoms with van der Waals surface area (Å²) >= 11 is 0. The molecule has 6 nitrogen and oxygen atoms in total. The van der Waals surface area contributed by atoms with Crippen molar-refractivity contribution in [2.45, 2.75) is 13.8 Å². The molecule has 2 aromatic carbocycles. The topological polar surface area (TPSA) is 86.5 Å². The Kier molecular flexibility index (Phi) is 3.95. The van der Waals surface area contributed by atoms with E-state index in [1.54, 1.807) is 42.5 Å². The number of aromatic nitrogens is 1. The van der Waals surface area contributed by atoms with Crippen LogP contribution in [0.25, 0.3) is 22.4 Å². The summed E-state index contributed by atoms with van der Waals surface area (Å²) < 4.78 is 10.4. The van der Waals surface area contributed by atoms with Crippen molar-refractivity contribution in [1.82, 2.24) is 4.98 Å². The van der Waals surface area contributed by atoms with E-state index in [4.69, 9.17) is 9.15 Å². The number of carbonyl (C=O) groups excluding carboxylic acids is 2. The zero-order valence-electron chi connectivity index (χ0n) is 13.0. The second kappa shape index (κ2) is 6.08. The number of fused-ring (bicyclic) bond motifs is 1. The van der Waals surface area contributed by atoms with E-state index in [0.29, 0.717) is 11.1 Å². The molecule has 3 rings (SSSR count). The minimum absolute atomic E-state index is 0.0186. The predicted octanol–water partition coefficient (Wildman–Crippen LogP) is 2.98. The summed E-state index contributed by atoms with van der Waals surface area (Å²) in [4.78, 5) is 39.6. The van der Waals surface area contributed by atoms with Gasteiger partial charge in [-0.25, -0.2) is 9.78 Å². The number of ketones is 1. The monoisotopic (exact) mass is 323 g/mol. The lowest BCUT2D eigenvalue weighted by molar-refractivity contribution is -0.131. The Morgan fingerprint density at radius 2 is 1.79 bits per heavy atom. The smallest absolute Gasteiger partial charge is 0.347 e. The number of hydrogen-bond acceptors (Lipinski definition) is 6. The van der Waals surface area contributed by atoms with Crippen molar-refractivity contribution in [1.29, 1.82) is 0 Å². The molecular weight excluding hydrogens is 310 g/mol. The number of ether oxygens (including phenoxy) is 1. The van der Waals surface area contributed by atoms with Gasteiger partial charge in [0, 0.05) is 12.5 Å². The first-order valence-electron chi connectivity index (χ1n) is 7.20. The highest BCUT2D eigenvalue weighted by atomic mass is 16.5. The first-order chi connectivity index (χ1) is 11.5. The molecule has 1 heterocycles. The number of carbonyl (C=O) groups is 2. The summed E-state index contributed by atoms with van der Waals surface area (Å²) in [7, 11) is 0. The van der Waals surface area contributed by atoms with E-state index in [0.717, 1.165) is 0 Å². The summed E-state index contributed by atoms with van der Waals surface area (Å²) in [6, 6.07) is 11.4. The lowest BCUT2D eigenvalue weighted by Crippen LogP contribution is -2.09. The van der Waals surface area contributed by atoms with E-state index in [9.17, 15) is 14.4 Å². The molecule has 1 aromatic heterocycles. The van der Waals surface area contributed by atoms with Crippen molar-refractivity contribution >= 4 is 22.7 Å². The number of Topliss-reactive ketones (excluding diaryl/α,β-unsaturated/α-hetero) is 1. The molecule has 0 aliphatic carbocycles. The van der Waals surface area contributed by atoms with E-state index < -0.39 is 11.6 Å². The molecular formula is C18H13NO5. The summed E-state index contributed by atoms with van der Waals surface area (Å²) in [5.74, 6) is -0.486. The molecule has 0 amide bonds.